The maximum atomic E-state index is 9.08. The van der Waals surface area contributed by atoms with Gasteiger partial charge in [-0.1, -0.05) is 34.5 Å². The van der Waals surface area contributed by atoms with Crippen LogP contribution in [0.25, 0.3) is 0 Å². The van der Waals surface area contributed by atoms with Crippen molar-refractivity contribution < 1.29 is 17.6 Å². The Morgan fingerprint density at radius 3 is 1.73 bits per heavy atom. The first kappa shape index (κ1) is 25.8. The van der Waals surface area contributed by atoms with Crippen molar-refractivity contribution in [1.29, 1.82) is 0 Å². The molecular formula is C23H30N6O3S. The molecule has 0 saturated carbocycles. The van der Waals surface area contributed by atoms with Gasteiger partial charge in [0.25, 0.3) is 0 Å². The number of rotatable bonds is 6. The van der Waals surface area contributed by atoms with E-state index in [1.807, 2.05) is 69.3 Å². The van der Waals surface area contributed by atoms with E-state index in [-0.39, 0.29) is 0 Å². The fraction of sp³-hybridized carbons (Fsp3) is 0.261. The first-order chi connectivity index (χ1) is 15.4. The first-order valence-electron chi connectivity index (χ1n) is 10.1. The number of anilines is 2. The van der Waals surface area contributed by atoms with Crippen LogP contribution in [-0.2, 0) is 10.1 Å². The largest absolute Gasteiger partial charge is 0.748 e. The summed E-state index contributed by atoms with van der Waals surface area (Å²) in [6.07, 6.45) is 8.09. The molecule has 0 radical (unpaired) electrons. The van der Waals surface area contributed by atoms with Crippen LogP contribution >= 0.6 is 0 Å². The molecule has 0 amide bonds. The van der Waals surface area contributed by atoms with E-state index in [1.54, 1.807) is 0 Å². The summed E-state index contributed by atoms with van der Waals surface area (Å²) in [6.45, 7) is 1.99. The molecule has 1 heterocycles. The zero-order chi connectivity index (χ0) is 24.6. The Morgan fingerprint density at radius 1 is 0.879 bits per heavy atom. The van der Waals surface area contributed by atoms with Crippen LogP contribution in [0.3, 0.4) is 0 Å². The first-order valence-corrected chi connectivity index (χ1v) is 11.9. The lowest BCUT2D eigenvalue weighted by atomic mass is 10.2. The lowest BCUT2D eigenvalue weighted by Crippen LogP contribution is -2.29. The number of aromatic nitrogens is 2. The van der Waals surface area contributed by atoms with Gasteiger partial charge in [0.05, 0.1) is 22.5 Å². The van der Waals surface area contributed by atoms with Crippen LogP contribution in [0.5, 0.6) is 0 Å². The van der Waals surface area contributed by atoms with E-state index in [9.17, 15) is 0 Å². The minimum absolute atomic E-state index is 0.604. The molecule has 176 valence electrons. The SMILES string of the molecule is CS(=O)(=O)[O-].Cc1n(/N=C/c2ccc(N(C)C)cc2)cc[n+]1/N=C/c1ccc(N(C)C)cc1. The van der Waals surface area contributed by atoms with Gasteiger partial charge in [-0.05, 0) is 35.4 Å². The van der Waals surface area contributed by atoms with Crippen molar-refractivity contribution in [2.45, 2.75) is 6.92 Å². The van der Waals surface area contributed by atoms with Crippen molar-refractivity contribution in [3.05, 3.63) is 77.9 Å². The van der Waals surface area contributed by atoms with Crippen LogP contribution in [0, 0.1) is 6.92 Å². The van der Waals surface area contributed by atoms with Crippen LogP contribution in [0.2, 0.25) is 0 Å². The zero-order valence-electron chi connectivity index (χ0n) is 19.7. The minimum Gasteiger partial charge on any atom is -0.748 e. The molecule has 2 aromatic carbocycles. The van der Waals surface area contributed by atoms with Gasteiger partial charge >= 0.3 is 5.82 Å². The van der Waals surface area contributed by atoms with Crippen molar-refractivity contribution in [2.24, 2.45) is 10.2 Å². The third kappa shape index (κ3) is 8.87. The summed E-state index contributed by atoms with van der Waals surface area (Å²) in [6, 6.07) is 16.5. The molecule has 0 aliphatic carbocycles. The Bertz CT molecular complexity index is 1110. The molecule has 0 atom stereocenters. The van der Waals surface area contributed by atoms with Crippen molar-refractivity contribution in [1.82, 2.24) is 4.68 Å². The van der Waals surface area contributed by atoms with Gasteiger partial charge in [0.15, 0.2) is 12.4 Å². The standard InChI is InChI=1S/C22H27N6.CH4O3S/c1-18-27(23-16-19-6-10-21(11-7-19)25(2)3)14-15-28(18)24-17-20-8-12-22(13-9-20)26(4)5;1-5(2,3)4/h6-17H,1-5H3;1H3,(H,2,3,4)/q+1;/p-1/b23-16+,24-17+;. The van der Waals surface area contributed by atoms with E-state index < -0.39 is 10.1 Å². The lowest BCUT2D eigenvalue weighted by Gasteiger charge is -2.11. The second kappa shape index (κ2) is 11.4. The minimum atomic E-state index is -3.92. The van der Waals surface area contributed by atoms with Crippen LogP contribution in [-0.4, -0.2) is 64.5 Å². The Hall–Kier alpha value is -3.50. The van der Waals surface area contributed by atoms with E-state index in [1.165, 1.54) is 11.4 Å². The fourth-order valence-corrected chi connectivity index (χ4v) is 2.67. The highest BCUT2D eigenvalue weighted by atomic mass is 32.2. The van der Waals surface area contributed by atoms with Gasteiger partial charge in [-0.15, -0.1) is 9.35 Å². The smallest absolute Gasteiger partial charge is 0.304 e. The Balaban J connectivity index is 0.000000696. The number of hydrogen-bond donors (Lipinski definition) is 0. The molecule has 0 saturated heterocycles. The van der Waals surface area contributed by atoms with Crippen LogP contribution in [0.15, 0.2) is 71.1 Å². The summed E-state index contributed by atoms with van der Waals surface area (Å²) in [5.74, 6) is 0.919. The summed E-state index contributed by atoms with van der Waals surface area (Å²) in [7, 11) is 4.20. The molecule has 33 heavy (non-hydrogen) atoms. The van der Waals surface area contributed by atoms with Crippen molar-refractivity contribution in [2.75, 3.05) is 44.2 Å². The normalized spacial score (nSPS) is 11.5. The highest BCUT2D eigenvalue weighted by molar-refractivity contribution is 7.84. The second-order valence-corrected chi connectivity index (χ2v) is 9.11. The van der Waals surface area contributed by atoms with Gasteiger partial charge < -0.3 is 14.4 Å². The molecule has 10 heteroatoms. The molecule has 9 nitrogen and oxygen atoms in total. The molecule has 3 rings (SSSR count). The zero-order valence-corrected chi connectivity index (χ0v) is 20.6. The van der Waals surface area contributed by atoms with Gasteiger partial charge in [-0.3, -0.25) is 0 Å². The van der Waals surface area contributed by atoms with E-state index >= 15 is 0 Å². The van der Waals surface area contributed by atoms with Crippen molar-refractivity contribution in [3.8, 4) is 0 Å². The summed E-state index contributed by atoms with van der Waals surface area (Å²) in [5, 5.41) is 9.07. The molecular weight excluding hydrogens is 440 g/mol. The quantitative estimate of drug-likeness (QED) is 0.312. The fourth-order valence-electron chi connectivity index (χ4n) is 2.67. The molecule has 0 aliphatic rings. The molecule has 3 aromatic rings. The Labute approximate surface area is 195 Å². The van der Waals surface area contributed by atoms with Crippen molar-refractivity contribution in [3.63, 3.8) is 0 Å². The molecule has 1 aromatic heterocycles. The topological polar surface area (TPSA) is 97.2 Å². The molecule has 0 unspecified atom stereocenters. The van der Waals surface area contributed by atoms with E-state index in [0.29, 0.717) is 6.26 Å². The summed E-state index contributed by atoms with van der Waals surface area (Å²) < 4.78 is 30.9. The maximum Gasteiger partial charge on any atom is 0.304 e. The van der Waals surface area contributed by atoms with Crippen LogP contribution in [0.1, 0.15) is 17.0 Å². The van der Waals surface area contributed by atoms with E-state index in [2.05, 4.69) is 68.5 Å². The number of benzene rings is 2. The molecule has 0 bridgehead atoms. The van der Waals surface area contributed by atoms with Gasteiger partial charge in [0.1, 0.15) is 0 Å². The monoisotopic (exact) mass is 470 g/mol. The van der Waals surface area contributed by atoms with Crippen LogP contribution in [0.4, 0.5) is 11.4 Å². The van der Waals surface area contributed by atoms with Gasteiger partial charge in [-0.25, -0.2) is 8.42 Å². The van der Waals surface area contributed by atoms with Gasteiger partial charge in [0, 0.05) is 52.7 Å². The molecule has 0 N–H and O–H groups in total. The lowest BCUT2D eigenvalue weighted by molar-refractivity contribution is -0.684. The third-order valence-corrected chi connectivity index (χ3v) is 4.49. The average molecular weight is 471 g/mol. The number of nitrogens with zero attached hydrogens (tertiary/aromatic N) is 6. The molecule has 0 aliphatic heterocycles. The summed E-state index contributed by atoms with van der Waals surface area (Å²) in [5.41, 5.74) is 4.43. The highest BCUT2D eigenvalue weighted by Gasteiger charge is 2.10. The Morgan fingerprint density at radius 2 is 1.30 bits per heavy atom. The number of imidazole rings is 1. The Kier molecular flexibility index (Phi) is 8.89. The third-order valence-electron chi connectivity index (χ3n) is 4.49. The molecule has 0 fully saturated rings. The summed E-state index contributed by atoms with van der Waals surface area (Å²) in [4.78, 5) is 4.15. The molecule has 0 spiro atoms. The van der Waals surface area contributed by atoms with Gasteiger partial charge in [0.2, 0.25) is 0 Å². The summed E-state index contributed by atoms with van der Waals surface area (Å²) >= 11 is 0. The number of hydrogen-bond acceptors (Lipinski definition) is 7. The van der Waals surface area contributed by atoms with Crippen LogP contribution < -0.4 is 14.5 Å². The average Bonchev–Trinajstić information content (AvgIpc) is 3.09. The van der Waals surface area contributed by atoms with E-state index in [4.69, 9.17) is 13.0 Å². The maximum absolute atomic E-state index is 9.08. The predicted octanol–water partition coefficient (Wildman–Crippen LogP) is 2.14. The second-order valence-electron chi connectivity index (χ2n) is 7.70. The van der Waals surface area contributed by atoms with E-state index in [0.717, 1.165) is 17.0 Å². The predicted molar refractivity (Wildman–Crippen MR) is 133 cm³/mol. The highest BCUT2D eigenvalue weighted by Crippen LogP contribution is 2.12. The van der Waals surface area contributed by atoms with Gasteiger partial charge in [-0.2, -0.15) is 0 Å². The van der Waals surface area contributed by atoms with Crippen molar-refractivity contribution >= 4 is 33.9 Å².